The molecule has 0 saturated heterocycles. The second-order valence-electron chi connectivity index (χ2n) is 8.88. The number of carbonyl (C=O) groups excluding carboxylic acids is 1. The minimum Gasteiger partial charge on any atom is -0.478 e. The molecule has 0 fully saturated rings. The first-order valence-corrected chi connectivity index (χ1v) is 13.1. The Labute approximate surface area is 229 Å². The number of ether oxygens (including phenoxy) is 1. The van der Waals surface area contributed by atoms with Gasteiger partial charge in [-0.15, -0.1) is 11.3 Å². The van der Waals surface area contributed by atoms with E-state index in [9.17, 15) is 9.59 Å². The molecule has 0 aliphatic carbocycles. The van der Waals surface area contributed by atoms with E-state index in [4.69, 9.17) is 33.0 Å². The number of hydrogen-bond acceptors (Lipinski definition) is 5. The molecule has 196 valence electrons. The predicted molar refractivity (Wildman–Crippen MR) is 147 cm³/mol. The summed E-state index contributed by atoms with van der Waals surface area (Å²) in [6.45, 7) is 5.63. The van der Waals surface area contributed by atoms with E-state index in [-0.39, 0.29) is 32.4 Å². The van der Waals surface area contributed by atoms with E-state index in [1.165, 1.54) is 25.1 Å². The van der Waals surface area contributed by atoms with Crippen molar-refractivity contribution in [2.24, 2.45) is 5.92 Å². The van der Waals surface area contributed by atoms with Crippen LogP contribution < -0.4 is 5.32 Å². The number of thiazole rings is 1. The molecule has 1 unspecified atom stereocenters. The van der Waals surface area contributed by atoms with E-state index in [1.807, 2.05) is 0 Å². The van der Waals surface area contributed by atoms with Crippen LogP contribution in [0.2, 0.25) is 10.0 Å². The third-order valence-electron chi connectivity index (χ3n) is 5.71. The van der Waals surface area contributed by atoms with E-state index in [0.29, 0.717) is 34.7 Å². The van der Waals surface area contributed by atoms with Crippen LogP contribution in [0.3, 0.4) is 0 Å². The van der Waals surface area contributed by atoms with Crippen LogP contribution in [0.1, 0.15) is 61.2 Å². The van der Waals surface area contributed by atoms with Crippen LogP contribution in [0.25, 0.3) is 17.3 Å². The standard InChI is InChI=1S/C27H27Cl2FN2O4S/c1-14(2)8-9-23(36-4)18-7-5-6-17(24(18)30)22-13-37-27(31-22)32-25(33)16-11-20(28)19(21(29)12-16)10-15(3)26(34)35/h5-7,10-14,23H,8-9H2,1-4H3,(H,34,35)(H,31,32,33). The minimum atomic E-state index is -1.11. The molecular weight excluding hydrogens is 538 g/mol. The number of halogens is 3. The summed E-state index contributed by atoms with van der Waals surface area (Å²) in [5.41, 5.74) is 1.68. The van der Waals surface area contributed by atoms with E-state index in [1.54, 1.807) is 30.7 Å². The van der Waals surface area contributed by atoms with Gasteiger partial charge in [0.1, 0.15) is 5.82 Å². The molecule has 1 atom stereocenters. The van der Waals surface area contributed by atoms with Crippen molar-refractivity contribution in [2.75, 3.05) is 12.4 Å². The molecule has 37 heavy (non-hydrogen) atoms. The highest BCUT2D eigenvalue weighted by molar-refractivity contribution is 7.14. The van der Waals surface area contributed by atoms with Gasteiger partial charge in [0.05, 0.1) is 21.8 Å². The van der Waals surface area contributed by atoms with Crippen LogP contribution in [-0.4, -0.2) is 29.1 Å². The van der Waals surface area contributed by atoms with Crippen LogP contribution in [0.15, 0.2) is 41.3 Å². The monoisotopic (exact) mass is 564 g/mol. The van der Waals surface area contributed by atoms with Crippen LogP contribution >= 0.6 is 34.5 Å². The number of nitrogens with zero attached hydrogens (tertiary/aromatic N) is 1. The number of nitrogens with one attached hydrogen (secondary N) is 1. The van der Waals surface area contributed by atoms with Gasteiger partial charge in [0.2, 0.25) is 0 Å². The number of carbonyl (C=O) groups is 2. The lowest BCUT2D eigenvalue weighted by atomic mass is 9.97. The fourth-order valence-corrected chi connectivity index (χ4v) is 4.94. The van der Waals surface area contributed by atoms with Gasteiger partial charge in [-0.25, -0.2) is 14.2 Å². The van der Waals surface area contributed by atoms with Gasteiger partial charge in [-0.1, -0.05) is 49.2 Å². The maximum absolute atomic E-state index is 15.5. The van der Waals surface area contributed by atoms with Crippen LogP contribution in [-0.2, 0) is 9.53 Å². The van der Waals surface area contributed by atoms with E-state index < -0.39 is 17.7 Å². The van der Waals surface area contributed by atoms with Crippen molar-refractivity contribution in [1.82, 2.24) is 4.98 Å². The lowest BCUT2D eigenvalue weighted by Gasteiger charge is -2.18. The Balaban J connectivity index is 1.81. The van der Waals surface area contributed by atoms with Crippen LogP contribution in [0.4, 0.5) is 9.52 Å². The molecule has 1 heterocycles. The molecule has 3 aromatic rings. The van der Waals surface area contributed by atoms with Gasteiger partial charge in [0, 0.05) is 40.3 Å². The average Bonchev–Trinajstić information content (AvgIpc) is 3.30. The molecule has 0 saturated carbocycles. The van der Waals surface area contributed by atoms with Gasteiger partial charge in [-0.3, -0.25) is 10.1 Å². The molecule has 2 N–H and O–H groups in total. The molecule has 1 amide bonds. The SMILES string of the molecule is COC(CCC(C)C)c1cccc(-c2csc(NC(=O)c3cc(Cl)c(C=C(C)C(=O)O)c(Cl)c3)n2)c1F. The third kappa shape index (κ3) is 7.17. The van der Waals surface area contributed by atoms with Crippen LogP contribution in [0, 0.1) is 11.7 Å². The summed E-state index contributed by atoms with van der Waals surface area (Å²) in [4.78, 5) is 28.3. The molecule has 0 bridgehead atoms. The molecule has 0 aliphatic rings. The quantitative estimate of drug-likeness (QED) is 0.243. The van der Waals surface area contributed by atoms with Gasteiger partial charge in [-0.2, -0.15) is 0 Å². The molecule has 0 spiro atoms. The molecule has 10 heteroatoms. The zero-order valence-electron chi connectivity index (χ0n) is 20.8. The Morgan fingerprint density at radius 1 is 1.22 bits per heavy atom. The summed E-state index contributed by atoms with van der Waals surface area (Å²) < 4.78 is 21.0. The molecule has 3 rings (SSSR count). The predicted octanol–water partition coefficient (Wildman–Crippen LogP) is 8.12. The van der Waals surface area contributed by atoms with E-state index in [0.717, 1.165) is 17.8 Å². The normalized spacial score (nSPS) is 12.6. The molecule has 6 nitrogen and oxygen atoms in total. The summed E-state index contributed by atoms with van der Waals surface area (Å²) in [6.07, 6.45) is 2.57. The Morgan fingerprint density at radius 2 is 1.89 bits per heavy atom. The third-order valence-corrected chi connectivity index (χ3v) is 7.09. The molecule has 0 aliphatic heterocycles. The molecular formula is C27H27Cl2FN2O4S. The number of anilines is 1. The highest BCUT2D eigenvalue weighted by Gasteiger charge is 2.21. The maximum atomic E-state index is 15.5. The first kappa shape index (κ1) is 28.8. The first-order chi connectivity index (χ1) is 17.5. The van der Waals surface area contributed by atoms with Crippen molar-refractivity contribution in [3.63, 3.8) is 0 Å². The summed E-state index contributed by atoms with van der Waals surface area (Å²) >= 11 is 13.7. The van der Waals surface area contributed by atoms with Crippen molar-refractivity contribution in [1.29, 1.82) is 0 Å². The Kier molecular flexibility index (Phi) is 9.84. The summed E-state index contributed by atoms with van der Waals surface area (Å²) in [5.74, 6) is -1.55. The summed E-state index contributed by atoms with van der Waals surface area (Å²) in [7, 11) is 1.57. The lowest BCUT2D eigenvalue weighted by Crippen LogP contribution is -2.12. The number of carboxylic acids is 1. The first-order valence-electron chi connectivity index (χ1n) is 11.5. The summed E-state index contributed by atoms with van der Waals surface area (Å²) in [5, 5.41) is 13.9. The van der Waals surface area contributed by atoms with Gasteiger partial charge in [0.15, 0.2) is 5.13 Å². The summed E-state index contributed by atoms with van der Waals surface area (Å²) in [6, 6.07) is 7.90. The molecule has 0 radical (unpaired) electrons. The van der Waals surface area contributed by atoms with Gasteiger partial charge in [-0.05, 0) is 50.0 Å². The number of methoxy groups -OCH3 is 1. The molecule has 2 aromatic carbocycles. The van der Waals surface area contributed by atoms with Crippen molar-refractivity contribution < 1.29 is 23.8 Å². The Bertz CT molecular complexity index is 1320. The van der Waals surface area contributed by atoms with Crippen molar-refractivity contribution in [3.8, 4) is 11.3 Å². The topological polar surface area (TPSA) is 88.5 Å². The number of aromatic nitrogens is 1. The number of carboxylic acid groups (broad SMARTS) is 1. The Hall–Kier alpha value is -2.78. The Morgan fingerprint density at radius 3 is 2.49 bits per heavy atom. The lowest BCUT2D eigenvalue weighted by molar-refractivity contribution is -0.132. The van der Waals surface area contributed by atoms with E-state index >= 15 is 4.39 Å². The zero-order valence-corrected chi connectivity index (χ0v) is 23.1. The average molecular weight is 565 g/mol. The molecule has 1 aromatic heterocycles. The highest BCUT2D eigenvalue weighted by Crippen LogP contribution is 2.34. The number of amides is 1. The fraction of sp³-hybridized carbons (Fsp3) is 0.296. The zero-order chi connectivity index (χ0) is 27.3. The number of rotatable bonds is 10. The number of benzene rings is 2. The second-order valence-corrected chi connectivity index (χ2v) is 10.6. The van der Waals surface area contributed by atoms with Crippen molar-refractivity contribution >= 4 is 57.6 Å². The van der Waals surface area contributed by atoms with Gasteiger partial charge < -0.3 is 9.84 Å². The largest absolute Gasteiger partial charge is 0.478 e. The number of hydrogen-bond donors (Lipinski definition) is 2. The number of aliphatic carboxylic acids is 1. The second kappa shape index (κ2) is 12.6. The van der Waals surface area contributed by atoms with Gasteiger partial charge in [0.25, 0.3) is 5.91 Å². The van der Waals surface area contributed by atoms with Gasteiger partial charge >= 0.3 is 5.97 Å². The van der Waals surface area contributed by atoms with E-state index in [2.05, 4.69) is 24.1 Å². The minimum absolute atomic E-state index is 0.0457. The van der Waals surface area contributed by atoms with Crippen molar-refractivity contribution in [3.05, 3.63) is 73.8 Å². The smallest absolute Gasteiger partial charge is 0.331 e. The fourth-order valence-electron chi connectivity index (χ4n) is 3.64. The van der Waals surface area contributed by atoms with Crippen LogP contribution in [0.5, 0.6) is 0 Å². The maximum Gasteiger partial charge on any atom is 0.331 e. The highest BCUT2D eigenvalue weighted by atomic mass is 35.5. The van der Waals surface area contributed by atoms with Crippen molar-refractivity contribution in [2.45, 2.75) is 39.7 Å².